The molecule has 0 saturated carbocycles. The van der Waals surface area contributed by atoms with Gasteiger partial charge in [0.2, 0.25) is 5.88 Å². The fraction of sp³-hybridized carbons (Fsp3) is 0.700. The highest BCUT2D eigenvalue weighted by atomic mass is 32.2. The first kappa shape index (κ1) is 11.4. The minimum Gasteiger partial charge on any atom is -0.474 e. The molecule has 2 atom stereocenters. The van der Waals surface area contributed by atoms with Crippen molar-refractivity contribution in [3.8, 4) is 5.88 Å². The van der Waals surface area contributed by atoms with Crippen LogP contribution in [0.5, 0.6) is 5.88 Å². The third kappa shape index (κ3) is 2.94. The number of hydrogen-bond donors (Lipinski definition) is 0. The third-order valence-corrected chi connectivity index (χ3v) is 3.09. The van der Waals surface area contributed by atoms with Crippen LogP contribution in [0.1, 0.15) is 32.6 Å². The molecule has 1 aromatic heterocycles. The van der Waals surface area contributed by atoms with Crippen LogP contribution in [0, 0.1) is 0 Å². The summed E-state index contributed by atoms with van der Waals surface area (Å²) in [6.45, 7) is 6.27. The minimum absolute atomic E-state index is 0.239. The van der Waals surface area contributed by atoms with Gasteiger partial charge in [0.25, 0.3) is 0 Å². The Morgan fingerprint density at radius 2 is 2.29 bits per heavy atom. The molecule has 1 aromatic rings. The lowest BCUT2D eigenvalue weighted by Gasteiger charge is -2.10. The molecule has 0 aliphatic heterocycles. The van der Waals surface area contributed by atoms with Gasteiger partial charge in [0.05, 0.1) is 11.5 Å². The SMILES string of the molecule is CC[C@H](C)Oc1ccn(C(C)SC)n1. The van der Waals surface area contributed by atoms with Crippen molar-refractivity contribution in [1.29, 1.82) is 0 Å². The lowest BCUT2D eigenvalue weighted by atomic mass is 10.3. The normalized spacial score (nSPS) is 15.1. The Balaban J connectivity index is 2.59. The van der Waals surface area contributed by atoms with E-state index in [1.165, 1.54) is 0 Å². The van der Waals surface area contributed by atoms with Gasteiger partial charge in [-0.2, -0.15) is 0 Å². The molecule has 0 saturated heterocycles. The second-order valence-corrected chi connectivity index (χ2v) is 4.46. The second-order valence-electron chi connectivity index (χ2n) is 3.31. The summed E-state index contributed by atoms with van der Waals surface area (Å²) in [4.78, 5) is 0. The van der Waals surface area contributed by atoms with E-state index in [0.717, 1.165) is 12.3 Å². The van der Waals surface area contributed by atoms with Gasteiger partial charge in [-0.25, -0.2) is 0 Å². The number of hydrogen-bond acceptors (Lipinski definition) is 3. The average molecular weight is 214 g/mol. The molecule has 0 aromatic carbocycles. The molecular formula is C10H18N2OS. The summed E-state index contributed by atoms with van der Waals surface area (Å²) >= 11 is 1.76. The van der Waals surface area contributed by atoms with E-state index in [9.17, 15) is 0 Å². The largest absolute Gasteiger partial charge is 0.474 e. The molecule has 0 aliphatic rings. The number of nitrogens with zero attached hydrogens (tertiary/aromatic N) is 2. The van der Waals surface area contributed by atoms with E-state index in [1.54, 1.807) is 11.8 Å². The van der Waals surface area contributed by atoms with Crippen LogP contribution >= 0.6 is 11.8 Å². The zero-order valence-electron chi connectivity index (χ0n) is 9.23. The van der Waals surface area contributed by atoms with Crippen LogP contribution < -0.4 is 4.74 Å². The van der Waals surface area contributed by atoms with Gasteiger partial charge < -0.3 is 4.74 Å². The molecule has 80 valence electrons. The van der Waals surface area contributed by atoms with Crippen LogP contribution in [-0.4, -0.2) is 22.1 Å². The smallest absolute Gasteiger partial charge is 0.233 e. The molecule has 0 fully saturated rings. The van der Waals surface area contributed by atoms with Crippen molar-refractivity contribution >= 4 is 11.8 Å². The zero-order chi connectivity index (χ0) is 10.6. The molecule has 1 unspecified atom stereocenters. The molecular weight excluding hydrogens is 196 g/mol. The lowest BCUT2D eigenvalue weighted by Crippen LogP contribution is -2.10. The fourth-order valence-electron chi connectivity index (χ4n) is 0.983. The maximum atomic E-state index is 5.60. The average Bonchev–Trinajstić information content (AvgIpc) is 2.65. The summed E-state index contributed by atoms with van der Waals surface area (Å²) in [5.41, 5.74) is 0. The van der Waals surface area contributed by atoms with E-state index >= 15 is 0 Å². The molecule has 3 nitrogen and oxygen atoms in total. The Bertz CT molecular complexity index is 275. The Morgan fingerprint density at radius 1 is 1.57 bits per heavy atom. The number of thioether (sulfide) groups is 1. The van der Waals surface area contributed by atoms with Crippen LogP contribution in [0.15, 0.2) is 12.3 Å². The monoisotopic (exact) mass is 214 g/mol. The summed E-state index contributed by atoms with van der Waals surface area (Å²) in [6.07, 6.45) is 5.27. The third-order valence-electron chi connectivity index (χ3n) is 2.19. The first-order valence-electron chi connectivity index (χ1n) is 4.92. The molecule has 0 radical (unpaired) electrons. The van der Waals surface area contributed by atoms with Gasteiger partial charge in [-0.1, -0.05) is 6.92 Å². The van der Waals surface area contributed by atoms with E-state index in [0.29, 0.717) is 5.37 Å². The van der Waals surface area contributed by atoms with Crippen LogP contribution in [0.3, 0.4) is 0 Å². The lowest BCUT2D eigenvalue weighted by molar-refractivity contribution is 0.206. The summed E-state index contributed by atoms with van der Waals surface area (Å²) in [5, 5.41) is 4.71. The minimum atomic E-state index is 0.239. The van der Waals surface area contributed by atoms with E-state index in [2.05, 4.69) is 32.1 Å². The Kier molecular flexibility index (Phi) is 4.32. The second kappa shape index (κ2) is 5.29. The standard InChI is InChI=1S/C10H18N2OS/c1-5-8(2)13-10-6-7-12(11-10)9(3)14-4/h6-9H,5H2,1-4H3/t8-,9?/m0/s1. The molecule has 1 rings (SSSR count). The molecule has 0 amide bonds. The number of aromatic nitrogens is 2. The fourth-order valence-corrected chi connectivity index (χ4v) is 1.32. The van der Waals surface area contributed by atoms with Crippen molar-refractivity contribution in [3.63, 3.8) is 0 Å². The highest BCUT2D eigenvalue weighted by Gasteiger charge is 2.07. The maximum absolute atomic E-state index is 5.60. The van der Waals surface area contributed by atoms with Crippen LogP contribution in [0.2, 0.25) is 0 Å². The van der Waals surface area contributed by atoms with Gasteiger partial charge in [-0.15, -0.1) is 16.9 Å². The Morgan fingerprint density at radius 3 is 2.86 bits per heavy atom. The summed E-state index contributed by atoms with van der Waals surface area (Å²) < 4.78 is 7.52. The molecule has 1 heterocycles. The van der Waals surface area contributed by atoms with E-state index in [1.807, 2.05) is 16.9 Å². The van der Waals surface area contributed by atoms with Gasteiger partial charge in [0.15, 0.2) is 0 Å². The molecule has 0 spiro atoms. The first-order valence-corrected chi connectivity index (χ1v) is 6.20. The first-order chi connectivity index (χ1) is 6.67. The number of ether oxygens (including phenoxy) is 1. The zero-order valence-corrected chi connectivity index (χ0v) is 10.0. The van der Waals surface area contributed by atoms with Crippen molar-refractivity contribution in [3.05, 3.63) is 12.3 Å². The highest BCUT2D eigenvalue weighted by molar-refractivity contribution is 7.98. The predicted octanol–water partition coefficient (Wildman–Crippen LogP) is 2.94. The van der Waals surface area contributed by atoms with Gasteiger partial charge >= 0.3 is 0 Å². The quantitative estimate of drug-likeness (QED) is 0.754. The molecule has 0 N–H and O–H groups in total. The van der Waals surface area contributed by atoms with E-state index in [-0.39, 0.29) is 6.10 Å². The molecule has 0 bridgehead atoms. The topological polar surface area (TPSA) is 27.1 Å². The van der Waals surface area contributed by atoms with Gasteiger partial charge in [-0.05, 0) is 26.5 Å². The Labute approximate surface area is 89.8 Å². The summed E-state index contributed by atoms with van der Waals surface area (Å²) in [5.74, 6) is 0.722. The van der Waals surface area contributed by atoms with Crippen molar-refractivity contribution < 1.29 is 4.74 Å². The van der Waals surface area contributed by atoms with Gasteiger partial charge in [0.1, 0.15) is 0 Å². The van der Waals surface area contributed by atoms with Gasteiger partial charge in [-0.3, -0.25) is 4.68 Å². The molecule has 14 heavy (non-hydrogen) atoms. The van der Waals surface area contributed by atoms with Crippen LogP contribution in [0.25, 0.3) is 0 Å². The summed E-state index contributed by atoms with van der Waals surface area (Å²) in [7, 11) is 0. The van der Waals surface area contributed by atoms with Crippen LogP contribution in [0.4, 0.5) is 0 Å². The highest BCUT2D eigenvalue weighted by Crippen LogP contribution is 2.20. The van der Waals surface area contributed by atoms with Crippen molar-refractivity contribution in [2.24, 2.45) is 0 Å². The van der Waals surface area contributed by atoms with Crippen molar-refractivity contribution in [2.45, 2.75) is 38.7 Å². The predicted molar refractivity (Wildman–Crippen MR) is 60.8 cm³/mol. The van der Waals surface area contributed by atoms with Gasteiger partial charge in [0, 0.05) is 12.3 Å². The Hall–Kier alpha value is -0.640. The van der Waals surface area contributed by atoms with E-state index in [4.69, 9.17) is 4.74 Å². The summed E-state index contributed by atoms with van der Waals surface area (Å²) in [6, 6.07) is 1.92. The van der Waals surface area contributed by atoms with E-state index < -0.39 is 0 Å². The maximum Gasteiger partial charge on any atom is 0.233 e. The van der Waals surface area contributed by atoms with Crippen molar-refractivity contribution in [2.75, 3.05) is 6.26 Å². The molecule has 0 aliphatic carbocycles. The van der Waals surface area contributed by atoms with Crippen LogP contribution in [-0.2, 0) is 0 Å². The number of rotatable bonds is 5. The molecule has 4 heteroatoms. The van der Waals surface area contributed by atoms with Crippen molar-refractivity contribution in [1.82, 2.24) is 9.78 Å².